The molecule has 0 aromatic heterocycles. The lowest BCUT2D eigenvalue weighted by Gasteiger charge is -2.38. The molecule has 2 unspecified atom stereocenters. The van der Waals surface area contributed by atoms with Gasteiger partial charge in [-0.05, 0) is 32.7 Å². The Morgan fingerprint density at radius 2 is 2.00 bits per heavy atom. The molecule has 0 bridgehead atoms. The monoisotopic (exact) mass is 269 g/mol. The van der Waals surface area contributed by atoms with Gasteiger partial charge >= 0.3 is 5.97 Å². The van der Waals surface area contributed by atoms with Gasteiger partial charge in [-0.3, -0.25) is 9.69 Å². The number of nitrogens with zero attached hydrogens (tertiary/aromatic N) is 2. The first-order valence-corrected chi connectivity index (χ1v) is 7.51. The summed E-state index contributed by atoms with van der Waals surface area (Å²) in [6.45, 7) is 10.0. The lowest BCUT2D eigenvalue weighted by atomic mass is 9.99. The Balaban J connectivity index is 1.86. The molecular formula is C14H27N3O2. The van der Waals surface area contributed by atoms with E-state index >= 15 is 0 Å². The van der Waals surface area contributed by atoms with Crippen molar-refractivity contribution in [3.63, 3.8) is 0 Å². The van der Waals surface area contributed by atoms with E-state index in [0.717, 1.165) is 52.0 Å². The number of carbonyl (C=O) groups is 1. The van der Waals surface area contributed by atoms with E-state index in [9.17, 15) is 4.79 Å². The molecule has 0 aromatic carbocycles. The Kier molecular flexibility index (Phi) is 4.81. The van der Waals surface area contributed by atoms with Crippen LogP contribution in [0.25, 0.3) is 0 Å². The first-order valence-electron chi connectivity index (χ1n) is 7.51. The summed E-state index contributed by atoms with van der Waals surface area (Å²) in [4.78, 5) is 16.9. The molecule has 2 rings (SSSR count). The highest BCUT2D eigenvalue weighted by Crippen LogP contribution is 2.32. The molecule has 1 heterocycles. The average Bonchev–Trinajstić information content (AvgIpc) is 2.83. The third-order valence-electron chi connectivity index (χ3n) is 4.58. The van der Waals surface area contributed by atoms with Crippen molar-refractivity contribution in [3.8, 4) is 0 Å². The van der Waals surface area contributed by atoms with Crippen molar-refractivity contribution in [2.45, 2.75) is 44.7 Å². The summed E-state index contributed by atoms with van der Waals surface area (Å²) in [6.07, 6.45) is 2.52. The Hall–Kier alpha value is -0.650. The predicted octanol–water partition coefficient (Wildman–Crippen LogP) is 0.437. The van der Waals surface area contributed by atoms with Crippen LogP contribution >= 0.6 is 0 Å². The number of carbonyl (C=O) groups excluding carboxylic acids is 1. The molecule has 1 saturated heterocycles. The van der Waals surface area contributed by atoms with Crippen molar-refractivity contribution in [1.29, 1.82) is 0 Å². The average molecular weight is 269 g/mol. The molecule has 5 nitrogen and oxygen atoms in total. The van der Waals surface area contributed by atoms with Crippen molar-refractivity contribution in [2.24, 2.45) is 5.73 Å². The maximum absolute atomic E-state index is 11.9. The van der Waals surface area contributed by atoms with Crippen LogP contribution in [0.4, 0.5) is 0 Å². The minimum absolute atomic E-state index is 0.218. The molecule has 1 aliphatic carbocycles. The fraction of sp³-hybridized carbons (Fsp3) is 0.929. The zero-order valence-electron chi connectivity index (χ0n) is 12.2. The highest BCUT2D eigenvalue weighted by molar-refractivity contribution is 5.81. The number of ether oxygens (including phenoxy) is 1. The molecule has 1 saturated carbocycles. The van der Waals surface area contributed by atoms with Crippen molar-refractivity contribution in [1.82, 2.24) is 9.80 Å². The topological polar surface area (TPSA) is 58.8 Å². The summed E-state index contributed by atoms with van der Waals surface area (Å²) >= 11 is 0. The molecule has 0 aromatic rings. The van der Waals surface area contributed by atoms with Gasteiger partial charge in [0, 0.05) is 32.2 Å². The van der Waals surface area contributed by atoms with Crippen LogP contribution in [0.3, 0.4) is 0 Å². The van der Waals surface area contributed by atoms with Crippen LogP contribution in [0.2, 0.25) is 0 Å². The second-order valence-electron chi connectivity index (χ2n) is 5.74. The van der Waals surface area contributed by atoms with Gasteiger partial charge in [-0.1, -0.05) is 6.92 Å². The maximum atomic E-state index is 11.9. The van der Waals surface area contributed by atoms with Crippen LogP contribution in [-0.4, -0.2) is 66.7 Å². The summed E-state index contributed by atoms with van der Waals surface area (Å²) in [5, 5.41) is 0. The van der Waals surface area contributed by atoms with Gasteiger partial charge in [-0.25, -0.2) is 0 Å². The van der Waals surface area contributed by atoms with E-state index in [-0.39, 0.29) is 5.97 Å². The van der Waals surface area contributed by atoms with E-state index in [4.69, 9.17) is 10.5 Å². The molecule has 19 heavy (non-hydrogen) atoms. The molecular weight excluding hydrogens is 242 g/mol. The number of likely N-dealkylation sites (N-methyl/N-ethyl adjacent to an activating group) is 1. The Morgan fingerprint density at radius 1 is 1.32 bits per heavy atom. The first kappa shape index (κ1) is 14.8. The predicted molar refractivity (Wildman–Crippen MR) is 74.9 cm³/mol. The second-order valence-corrected chi connectivity index (χ2v) is 5.74. The molecule has 2 atom stereocenters. The molecule has 2 aliphatic rings. The van der Waals surface area contributed by atoms with Crippen LogP contribution in [-0.2, 0) is 9.53 Å². The largest absolute Gasteiger partial charge is 0.465 e. The molecule has 2 N–H and O–H groups in total. The maximum Gasteiger partial charge on any atom is 0.326 e. The lowest BCUT2D eigenvalue weighted by Crippen LogP contribution is -2.52. The van der Waals surface area contributed by atoms with Gasteiger partial charge in [0.05, 0.1) is 6.61 Å². The highest BCUT2D eigenvalue weighted by Gasteiger charge is 2.45. The van der Waals surface area contributed by atoms with Crippen molar-refractivity contribution in [2.75, 3.05) is 39.3 Å². The summed E-state index contributed by atoms with van der Waals surface area (Å²) < 4.78 is 5.11. The SMILES string of the molecule is CCOC(=O)C1(N)CCC(N2CCN(CC)CC2)C1. The van der Waals surface area contributed by atoms with Gasteiger partial charge in [-0.15, -0.1) is 0 Å². The zero-order chi connectivity index (χ0) is 13.9. The molecule has 0 spiro atoms. The zero-order valence-corrected chi connectivity index (χ0v) is 12.2. The third-order valence-corrected chi connectivity index (χ3v) is 4.58. The quantitative estimate of drug-likeness (QED) is 0.750. The summed E-state index contributed by atoms with van der Waals surface area (Å²) in [5.41, 5.74) is 5.48. The van der Waals surface area contributed by atoms with E-state index in [0.29, 0.717) is 12.6 Å². The van der Waals surface area contributed by atoms with Crippen molar-refractivity contribution >= 4 is 5.97 Å². The first-order chi connectivity index (χ1) is 9.09. The Labute approximate surface area is 116 Å². The Bertz CT molecular complexity index is 316. The fourth-order valence-electron chi connectivity index (χ4n) is 3.27. The Morgan fingerprint density at radius 3 is 2.58 bits per heavy atom. The van der Waals surface area contributed by atoms with E-state index < -0.39 is 5.54 Å². The molecule has 110 valence electrons. The van der Waals surface area contributed by atoms with Gasteiger partial charge in [0.1, 0.15) is 5.54 Å². The van der Waals surface area contributed by atoms with Gasteiger partial charge < -0.3 is 15.4 Å². The minimum Gasteiger partial charge on any atom is -0.465 e. The number of hydrogen-bond donors (Lipinski definition) is 1. The van der Waals surface area contributed by atoms with Crippen molar-refractivity contribution < 1.29 is 9.53 Å². The van der Waals surface area contributed by atoms with E-state index in [1.54, 1.807) is 0 Å². The number of rotatable bonds is 4. The van der Waals surface area contributed by atoms with Crippen molar-refractivity contribution in [3.05, 3.63) is 0 Å². The van der Waals surface area contributed by atoms with Crippen LogP contribution in [0, 0.1) is 0 Å². The van der Waals surface area contributed by atoms with Gasteiger partial charge in [0.25, 0.3) is 0 Å². The number of nitrogens with two attached hydrogens (primary N) is 1. The normalized spacial score (nSPS) is 33.5. The number of piperazine rings is 1. The van der Waals surface area contributed by atoms with Gasteiger partial charge in [0.15, 0.2) is 0 Å². The van der Waals surface area contributed by atoms with Crippen LogP contribution in [0.5, 0.6) is 0 Å². The number of hydrogen-bond acceptors (Lipinski definition) is 5. The minimum atomic E-state index is -0.747. The van der Waals surface area contributed by atoms with E-state index in [1.165, 1.54) is 0 Å². The molecule has 5 heteroatoms. The standard InChI is InChI=1S/C14H27N3O2/c1-3-16-7-9-17(10-8-16)12-5-6-14(15,11-12)13(18)19-4-2/h12H,3-11,15H2,1-2H3. The molecule has 0 amide bonds. The molecule has 0 radical (unpaired) electrons. The van der Waals surface area contributed by atoms with Gasteiger partial charge in [-0.2, -0.15) is 0 Å². The lowest BCUT2D eigenvalue weighted by molar-refractivity contribution is -0.149. The van der Waals surface area contributed by atoms with E-state index in [1.807, 2.05) is 6.92 Å². The fourth-order valence-corrected chi connectivity index (χ4v) is 3.27. The summed E-state index contributed by atoms with van der Waals surface area (Å²) in [6, 6.07) is 0.452. The summed E-state index contributed by atoms with van der Waals surface area (Å²) in [7, 11) is 0. The second kappa shape index (κ2) is 6.20. The summed E-state index contributed by atoms with van der Waals surface area (Å²) in [5.74, 6) is -0.218. The molecule has 1 aliphatic heterocycles. The molecule has 2 fully saturated rings. The number of esters is 1. The smallest absolute Gasteiger partial charge is 0.326 e. The third kappa shape index (κ3) is 3.27. The highest BCUT2D eigenvalue weighted by atomic mass is 16.5. The van der Waals surface area contributed by atoms with Crippen LogP contribution in [0.1, 0.15) is 33.1 Å². The van der Waals surface area contributed by atoms with Crippen LogP contribution < -0.4 is 5.73 Å². The van der Waals surface area contributed by atoms with Crippen LogP contribution in [0.15, 0.2) is 0 Å². The van der Waals surface area contributed by atoms with Gasteiger partial charge in [0.2, 0.25) is 0 Å². The van der Waals surface area contributed by atoms with E-state index in [2.05, 4.69) is 16.7 Å².